The van der Waals surface area contributed by atoms with Crippen LogP contribution in [-0.4, -0.2) is 38.1 Å². The molecule has 0 spiro atoms. The average Bonchev–Trinajstić information content (AvgIpc) is 2.58. The molecular formula is C9H18N4O2. The Morgan fingerprint density at radius 3 is 2.53 bits per heavy atom. The van der Waals surface area contributed by atoms with Gasteiger partial charge < -0.3 is 21.7 Å². The fourth-order valence-corrected chi connectivity index (χ4v) is 1.66. The Balaban J connectivity index is 2.15. The molecular weight excluding hydrogens is 196 g/mol. The van der Waals surface area contributed by atoms with Crippen LogP contribution in [0.2, 0.25) is 0 Å². The summed E-state index contributed by atoms with van der Waals surface area (Å²) in [6.07, 6.45) is 0. The molecule has 1 saturated heterocycles. The third kappa shape index (κ3) is 3.75. The second kappa shape index (κ2) is 5.55. The van der Waals surface area contributed by atoms with Gasteiger partial charge in [0.05, 0.1) is 5.92 Å². The van der Waals surface area contributed by atoms with Gasteiger partial charge in [-0.1, -0.05) is 6.92 Å². The third-order valence-corrected chi connectivity index (χ3v) is 2.58. The van der Waals surface area contributed by atoms with Crippen molar-refractivity contribution < 1.29 is 9.59 Å². The summed E-state index contributed by atoms with van der Waals surface area (Å²) in [6.45, 7) is 4.46. The number of carbonyl (C=O) groups excluding carboxylic acids is 2. The molecule has 0 radical (unpaired) electrons. The van der Waals surface area contributed by atoms with Gasteiger partial charge in [-0.3, -0.25) is 4.79 Å². The van der Waals surface area contributed by atoms with E-state index < -0.39 is 6.03 Å². The molecule has 0 aromatic heterocycles. The Hall–Kier alpha value is -1.30. The zero-order valence-corrected chi connectivity index (χ0v) is 8.88. The molecule has 0 aromatic carbocycles. The largest absolute Gasteiger partial charge is 0.354 e. The van der Waals surface area contributed by atoms with Gasteiger partial charge in [0, 0.05) is 19.6 Å². The number of hydrogen-bond donors (Lipinski definition) is 4. The van der Waals surface area contributed by atoms with Crippen molar-refractivity contribution in [2.45, 2.75) is 6.92 Å². The molecule has 6 heteroatoms. The van der Waals surface area contributed by atoms with Crippen molar-refractivity contribution in [2.75, 3.05) is 26.2 Å². The summed E-state index contributed by atoms with van der Waals surface area (Å²) in [4.78, 5) is 21.9. The lowest BCUT2D eigenvalue weighted by atomic mass is 9.97. The Bertz CT molecular complexity index is 244. The van der Waals surface area contributed by atoms with Gasteiger partial charge in [-0.05, 0) is 12.5 Å². The summed E-state index contributed by atoms with van der Waals surface area (Å²) in [6, 6.07) is -0.569. The Kier molecular flexibility index (Phi) is 4.36. The van der Waals surface area contributed by atoms with Gasteiger partial charge in [0.2, 0.25) is 5.91 Å². The maximum atomic E-state index is 11.6. The van der Waals surface area contributed by atoms with Gasteiger partial charge >= 0.3 is 6.03 Å². The Labute approximate surface area is 89.0 Å². The first kappa shape index (κ1) is 11.8. The summed E-state index contributed by atoms with van der Waals surface area (Å²) in [5.41, 5.74) is 4.88. The van der Waals surface area contributed by atoms with Crippen LogP contribution in [0, 0.1) is 11.8 Å². The second-order valence-corrected chi connectivity index (χ2v) is 3.82. The predicted molar refractivity (Wildman–Crippen MR) is 56.1 cm³/mol. The number of primary amides is 1. The van der Waals surface area contributed by atoms with Crippen molar-refractivity contribution in [3.63, 3.8) is 0 Å². The number of hydrogen-bond acceptors (Lipinski definition) is 3. The van der Waals surface area contributed by atoms with Crippen molar-refractivity contribution in [3.8, 4) is 0 Å². The van der Waals surface area contributed by atoms with Crippen LogP contribution in [0.1, 0.15) is 6.92 Å². The molecule has 86 valence electrons. The van der Waals surface area contributed by atoms with Crippen LogP contribution >= 0.6 is 0 Å². The van der Waals surface area contributed by atoms with Gasteiger partial charge in [0.25, 0.3) is 0 Å². The number of rotatable bonds is 4. The van der Waals surface area contributed by atoms with Gasteiger partial charge in [-0.2, -0.15) is 0 Å². The molecule has 1 heterocycles. The lowest BCUT2D eigenvalue weighted by molar-refractivity contribution is -0.125. The summed E-state index contributed by atoms with van der Waals surface area (Å²) in [5, 5.41) is 8.33. The van der Waals surface area contributed by atoms with Crippen LogP contribution in [0.4, 0.5) is 4.79 Å². The van der Waals surface area contributed by atoms with Crippen molar-refractivity contribution in [2.24, 2.45) is 17.6 Å². The van der Waals surface area contributed by atoms with E-state index in [1.54, 1.807) is 0 Å². The highest BCUT2D eigenvalue weighted by Crippen LogP contribution is 2.15. The molecule has 0 saturated carbocycles. The minimum Gasteiger partial charge on any atom is -0.354 e. The van der Waals surface area contributed by atoms with Crippen molar-refractivity contribution in [1.29, 1.82) is 0 Å². The topological polar surface area (TPSA) is 96.2 Å². The SMILES string of the molecule is CC1CNCC1C(=O)NCCNC(N)=O. The van der Waals surface area contributed by atoms with Gasteiger partial charge in [0.1, 0.15) is 0 Å². The molecule has 1 aliphatic rings. The van der Waals surface area contributed by atoms with E-state index in [1.165, 1.54) is 0 Å². The van der Waals surface area contributed by atoms with Crippen LogP contribution in [-0.2, 0) is 4.79 Å². The van der Waals surface area contributed by atoms with Crippen LogP contribution in [0.5, 0.6) is 0 Å². The number of nitrogens with one attached hydrogen (secondary N) is 3. The molecule has 1 aliphatic heterocycles. The normalized spacial score (nSPS) is 24.9. The van der Waals surface area contributed by atoms with Gasteiger partial charge in [-0.15, -0.1) is 0 Å². The van der Waals surface area contributed by atoms with Crippen LogP contribution in [0.15, 0.2) is 0 Å². The molecule has 2 unspecified atom stereocenters. The fourth-order valence-electron chi connectivity index (χ4n) is 1.66. The van der Waals surface area contributed by atoms with Crippen molar-refractivity contribution in [1.82, 2.24) is 16.0 Å². The first-order valence-corrected chi connectivity index (χ1v) is 5.13. The van der Waals surface area contributed by atoms with Crippen molar-refractivity contribution in [3.05, 3.63) is 0 Å². The maximum Gasteiger partial charge on any atom is 0.312 e. The number of amides is 3. The van der Waals surface area contributed by atoms with Crippen molar-refractivity contribution >= 4 is 11.9 Å². The molecule has 1 rings (SSSR count). The highest BCUT2D eigenvalue weighted by molar-refractivity contribution is 5.79. The summed E-state index contributed by atoms with van der Waals surface area (Å²) in [5.74, 6) is 0.450. The van der Waals surface area contributed by atoms with E-state index in [1.807, 2.05) is 6.92 Å². The lowest BCUT2D eigenvalue weighted by Gasteiger charge is -2.13. The van der Waals surface area contributed by atoms with Crippen LogP contribution in [0.25, 0.3) is 0 Å². The minimum absolute atomic E-state index is 0.0404. The number of carbonyl (C=O) groups is 2. The zero-order chi connectivity index (χ0) is 11.3. The van der Waals surface area contributed by atoms with E-state index in [4.69, 9.17) is 5.73 Å². The monoisotopic (exact) mass is 214 g/mol. The smallest absolute Gasteiger partial charge is 0.312 e. The van der Waals surface area contributed by atoms with Gasteiger partial charge in [-0.25, -0.2) is 4.79 Å². The standard InChI is InChI=1S/C9H18N4O2/c1-6-4-11-5-7(6)8(14)12-2-3-13-9(10)15/h6-7,11H,2-5H2,1H3,(H,12,14)(H3,10,13,15). The second-order valence-electron chi connectivity index (χ2n) is 3.82. The predicted octanol–water partition coefficient (Wildman–Crippen LogP) is -1.37. The average molecular weight is 214 g/mol. The molecule has 5 N–H and O–H groups in total. The fraction of sp³-hybridized carbons (Fsp3) is 0.778. The van der Waals surface area contributed by atoms with Crippen LogP contribution < -0.4 is 21.7 Å². The van der Waals surface area contributed by atoms with E-state index >= 15 is 0 Å². The summed E-state index contributed by atoms with van der Waals surface area (Å²) >= 11 is 0. The Morgan fingerprint density at radius 1 is 1.33 bits per heavy atom. The van der Waals surface area contributed by atoms with E-state index in [0.717, 1.165) is 13.1 Å². The number of urea groups is 1. The summed E-state index contributed by atoms with van der Waals surface area (Å²) < 4.78 is 0. The van der Waals surface area contributed by atoms with Crippen LogP contribution in [0.3, 0.4) is 0 Å². The van der Waals surface area contributed by atoms with E-state index in [2.05, 4.69) is 16.0 Å². The molecule has 3 amide bonds. The number of nitrogens with two attached hydrogens (primary N) is 1. The first-order valence-electron chi connectivity index (χ1n) is 5.13. The molecule has 1 fully saturated rings. The first-order chi connectivity index (χ1) is 7.11. The van der Waals surface area contributed by atoms with Gasteiger partial charge in [0.15, 0.2) is 0 Å². The highest BCUT2D eigenvalue weighted by atomic mass is 16.2. The lowest BCUT2D eigenvalue weighted by Crippen LogP contribution is -2.40. The van der Waals surface area contributed by atoms with E-state index in [9.17, 15) is 9.59 Å². The molecule has 0 aromatic rings. The third-order valence-electron chi connectivity index (χ3n) is 2.58. The highest BCUT2D eigenvalue weighted by Gasteiger charge is 2.28. The quantitative estimate of drug-likeness (QED) is 0.435. The molecule has 6 nitrogen and oxygen atoms in total. The summed E-state index contributed by atoms with van der Waals surface area (Å²) in [7, 11) is 0. The Morgan fingerprint density at radius 2 is 2.00 bits per heavy atom. The molecule has 15 heavy (non-hydrogen) atoms. The maximum absolute atomic E-state index is 11.6. The van der Waals surface area contributed by atoms with E-state index in [-0.39, 0.29) is 11.8 Å². The zero-order valence-electron chi connectivity index (χ0n) is 8.88. The minimum atomic E-state index is -0.569. The van der Waals surface area contributed by atoms with E-state index in [0.29, 0.717) is 19.0 Å². The molecule has 2 atom stereocenters. The molecule has 0 aliphatic carbocycles. The molecule has 0 bridgehead atoms.